The van der Waals surface area contributed by atoms with E-state index < -0.39 is 0 Å². The summed E-state index contributed by atoms with van der Waals surface area (Å²) in [6.07, 6.45) is 2.76. The smallest absolute Gasteiger partial charge is 0.315 e. The first-order valence-electron chi connectivity index (χ1n) is 6.15. The molecule has 6 nitrogen and oxygen atoms in total. The lowest BCUT2D eigenvalue weighted by atomic mass is 10.5. The van der Waals surface area contributed by atoms with E-state index in [0.29, 0.717) is 37.6 Å². The van der Waals surface area contributed by atoms with E-state index in [4.69, 9.17) is 9.15 Å². The van der Waals surface area contributed by atoms with Crippen molar-refractivity contribution in [3.05, 3.63) is 5.89 Å². The van der Waals surface area contributed by atoms with Crippen LogP contribution in [0.25, 0.3) is 0 Å². The van der Waals surface area contributed by atoms with Crippen LogP contribution in [-0.4, -0.2) is 35.5 Å². The quantitative estimate of drug-likeness (QED) is 0.664. The maximum Gasteiger partial charge on any atom is 0.315 e. The van der Waals surface area contributed by atoms with Gasteiger partial charge in [-0.05, 0) is 26.7 Å². The summed E-state index contributed by atoms with van der Waals surface area (Å²) in [5, 5.41) is 14.2. The van der Waals surface area contributed by atoms with Crippen molar-refractivity contribution in [2.75, 3.05) is 18.5 Å². The summed E-state index contributed by atoms with van der Waals surface area (Å²) in [5.41, 5.74) is 0. The first-order valence-corrected chi connectivity index (χ1v) is 6.15. The van der Waals surface area contributed by atoms with Gasteiger partial charge in [-0.3, -0.25) is 0 Å². The molecule has 0 bridgehead atoms. The molecule has 0 aliphatic heterocycles. The summed E-state index contributed by atoms with van der Waals surface area (Å²) < 4.78 is 10.8. The number of rotatable bonds is 8. The average molecular weight is 240 g/mol. The molecule has 96 valence electrons. The molecule has 0 spiro atoms. The van der Waals surface area contributed by atoms with Crippen molar-refractivity contribution in [2.45, 2.75) is 45.4 Å². The molecule has 0 unspecified atom stereocenters. The van der Waals surface area contributed by atoms with Gasteiger partial charge in [-0.2, -0.15) is 0 Å². The maximum atomic E-state index is 5.42. The molecule has 2 N–H and O–H groups in total. The van der Waals surface area contributed by atoms with Crippen LogP contribution in [0.5, 0.6) is 0 Å². The highest BCUT2D eigenvalue weighted by molar-refractivity contribution is 5.16. The highest BCUT2D eigenvalue weighted by Crippen LogP contribution is 2.19. The van der Waals surface area contributed by atoms with Gasteiger partial charge in [0.1, 0.15) is 0 Å². The van der Waals surface area contributed by atoms with E-state index in [1.807, 2.05) is 13.8 Å². The zero-order chi connectivity index (χ0) is 12.1. The van der Waals surface area contributed by atoms with Crippen molar-refractivity contribution in [3.8, 4) is 0 Å². The molecule has 0 radical (unpaired) electrons. The number of aromatic nitrogens is 2. The average Bonchev–Trinajstić information content (AvgIpc) is 3.01. The van der Waals surface area contributed by atoms with Gasteiger partial charge in [0.2, 0.25) is 5.89 Å². The van der Waals surface area contributed by atoms with Gasteiger partial charge in [-0.25, -0.2) is 0 Å². The van der Waals surface area contributed by atoms with E-state index in [9.17, 15) is 0 Å². The van der Waals surface area contributed by atoms with Gasteiger partial charge < -0.3 is 19.8 Å². The van der Waals surface area contributed by atoms with Gasteiger partial charge in [0.25, 0.3) is 0 Å². The number of hydrogen-bond acceptors (Lipinski definition) is 6. The van der Waals surface area contributed by atoms with Crippen molar-refractivity contribution >= 4 is 6.01 Å². The van der Waals surface area contributed by atoms with Crippen molar-refractivity contribution in [1.29, 1.82) is 0 Å². The minimum Gasteiger partial charge on any atom is -0.407 e. The lowest BCUT2D eigenvalue weighted by Gasteiger charge is -2.06. The van der Waals surface area contributed by atoms with Crippen molar-refractivity contribution < 1.29 is 9.15 Å². The molecule has 0 amide bonds. The molecule has 2 rings (SSSR count). The third-order valence-electron chi connectivity index (χ3n) is 2.42. The Bertz CT molecular complexity index is 336. The number of nitrogens with zero attached hydrogens (tertiary/aromatic N) is 2. The van der Waals surface area contributed by atoms with Gasteiger partial charge in [0.05, 0.1) is 19.3 Å². The van der Waals surface area contributed by atoms with Crippen molar-refractivity contribution in [3.63, 3.8) is 0 Å². The monoisotopic (exact) mass is 240 g/mol. The molecule has 1 fully saturated rings. The van der Waals surface area contributed by atoms with Crippen LogP contribution in [0.15, 0.2) is 4.42 Å². The molecule has 1 heterocycles. The molecule has 17 heavy (non-hydrogen) atoms. The third kappa shape index (κ3) is 4.70. The summed E-state index contributed by atoms with van der Waals surface area (Å²) in [4.78, 5) is 0. The standard InChI is InChI=1S/C11H20N4O2/c1-8(2)16-6-5-12-11-15-14-10(17-11)7-13-9-3-4-9/h8-9,13H,3-7H2,1-2H3,(H,12,15). The maximum absolute atomic E-state index is 5.42. The fourth-order valence-electron chi connectivity index (χ4n) is 1.37. The predicted molar refractivity (Wildman–Crippen MR) is 63.7 cm³/mol. The lowest BCUT2D eigenvalue weighted by molar-refractivity contribution is 0.0868. The Morgan fingerprint density at radius 3 is 2.94 bits per heavy atom. The molecule has 0 aromatic carbocycles. The molecule has 1 aliphatic carbocycles. The molecule has 1 aliphatic rings. The second kappa shape index (κ2) is 5.97. The van der Waals surface area contributed by atoms with Crippen LogP contribution in [0.1, 0.15) is 32.6 Å². The summed E-state index contributed by atoms with van der Waals surface area (Å²) in [6.45, 7) is 5.98. The molecule has 1 aromatic rings. The van der Waals surface area contributed by atoms with Crippen LogP contribution in [0.2, 0.25) is 0 Å². The van der Waals surface area contributed by atoms with Crippen LogP contribution in [0, 0.1) is 0 Å². The van der Waals surface area contributed by atoms with E-state index in [-0.39, 0.29) is 6.10 Å². The number of nitrogens with one attached hydrogen (secondary N) is 2. The fraction of sp³-hybridized carbons (Fsp3) is 0.818. The Morgan fingerprint density at radius 2 is 2.24 bits per heavy atom. The van der Waals surface area contributed by atoms with Crippen LogP contribution in [0.4, 0.5) is 6.01 Å². The number of ether oxygens (including phenoxy) is 1. The second-order valence-corrected chi connectivity index (χ2v) is 4.50. The first-order chi connectivity index (χ1) is 8.24. The third-order valence-corrected chi connectivity index (χ3v) is 2.42. The van der Waals surface area contributed by atoms with Crippen LogP contribution >= 0.6 is 0 Å². The van der Waals surface area contributed by atoms with Crippen LogP contribution < -0.4 is 10.6 Å². The van der Waals surface area contributed by atoms with Gasteiger partial charge in [-0.15, -0.1) is 5.10 Å². The minimum absolute atomic E-state index is 0.248. The molecule has 0 saturated heterocycles. The number of hydrogen-bond donors (Lipinski definition) is 2. The largest absolute Gasteiger partial charge is 0.407 e. The summed E-state index contributed by atoms with van der Waals surface area (Å²) in [6, 6.07) is 1.11. The highest BCUT2D eigenvalue weighted by atomic mass is 16.5. The van der Waals surface area contributed by atoms with Crippen molar-refractivity contribution in [1.82, 2.24) is 15.5 Å². The first kappa shape index (κ1) is 12.3. The highest BCUT2D eigenvalue weighted by Gasteiger charge is 2.21. The van der Waals surface area contributed by atoms with E-state index >= 15 is 0 Å². The SMILES string of the molecule is CC(C)OCCNc1nnc(CNC2CC2)o1. The van der Waals surface area contributed by atoms with E-state index in [0.717, 1.165) is 0 Å². The predicted octanol–water partition coefficient (Wildman–Crippen LogP) is 1.16. The second-order valence-electron chi connectivity index (χ2n) is 4.50. The Morgan fingerprint density at radius 1 is 1.41 bits per heavy atom. The lowest BCUT2D eigenvalue weighted by Crippen LogP contribution is -2.15. The van der Waals surface area contributed by atoms with Gasteiger partial charge in [0, 0.05) is 12.6 Å². The Kier molecular flexibility index (Phi) is 4.33. The molecular weight excluding hydrogens is 220 g/mol. The normalized spacial score (nSPS) is 15.5. The van der Waals surface area contributed by atoms with Crippen LogP contribution in [-0.2, 0) is 11.3 Å². The molecule has 1 saturated carbocycles. The topological polar surface area (TPSA) is 72.2 Å². The Balaban J connectivity index is 1.62. The fourth-order valence-corrected chi connectivity index (χ4v) is 1.37. The summed E-state index contributed by atoms with van der Waals surface area (Å²) >= 11 is 0. The molecular formula is C11H20N4O2. The van der Waals surface area contributed by atoms with Gasteiger partial charge >= 0.3 is 6.01 Å². The summed E-state index contributed by atoms with van der Waals surface area (Å²) in [5.74, 6) is 0.629. The molecule has 0 atom stereocenters. The molecule has 1 aromatic heterocycles. The van der Waals surface area contributed by atoms with Crippen LogP contribution in [0.3, 0.4) is 0 Å². The Labute approximate surface area is 101 Å². The minimum atomic E-state index is 0.248. The van der Waals surface area contributed by atoms with E-state index in [2.05, 4.69) is 20.8 Å². The Hall–Kier alpha value is -1.14. The van der Waals surface area contributed by atoms with Crippen molar-refractivity contribution in [2.24, 2.45) is 0 Å². The summed E-state index contributed by atoms with van der Waals surface area (Å²) in [7, 11) is 0. The molecule has 6 heteroatoms. The van der Waals surface area contributed by atoms with Gasteiger partial charge in [-0.1, -0.05) is 5.10 Å². The number of anilines is 1. The zero-order valence-electron chi connectivity index (χ0n) is 10.4. The zero-order valence-corrected chi connectivity index (χ0v) is 10.4. The van der Waals surface area contributed by atoms with E-state index in [1.54, 1.807) is 0 Å². The van der Waals surface area contributed by atoms with Gasteiger partial charge in [0.15, 0.2) is 0 Å². The van der Waals surface area contributed by atoms with E-state index in [1.165, 1.54) is 12.8 Å².